The van der Waals surface area contributed by atoms with Gasteiger partial charge in [-0.05, 0) is 36.8 Å². The number of carbonyl (C=O) groups is 1. The molecule has 3 fully saturated rings. The molecule has 1 spiro atoms. The Morgan fingerprint density at radius 1 is 1.08 bits per heavy atom. The lowest BCUT2D eigenvalue weighted by Crippen LogP contribution is -2.52. The Kier molecular flexibility index (Phi) is 3.89. The van der Waals surface area contributed by atoms with Gasteiger partial charge < -0.3 is 5.32 Å². The van der Waals surface area contributed by atoms with E-state index in [9.17, 15) is 13.2 Å². The first-order valence-electron chi connectivity index (χ1n) is 8.57. The number of sulfonamides is 1. The predicted octanol–water partition coefficient (Wildman–Crippen LogP) is 0.662. The summed E-state index contributed by atoms with van der Waals surface area (Å²) >= 11 is 0. The SMILES string of the molecule is O=C1NCCN2CC3(CCN(S(=O)(=O)c4ccccc4)CC3)CC12. The molecular weight excluding hydrogens is 326 g/mol. The van der Waals surface area contributed by atoms with Crippen molar-refractivity contribution < 1.29 is 13.2 Å². The molecule has 0 saturated carbocycles. The molecule has 3 heterocycles. The van der Waals surface area contributed by atoms with Crippen LogP contribution in [0.1, 0.15) is 19.3 Å². The van der Waals surface area contributed by atoms with Crippen LogP contribution in [0.25, 0.3) is 0 Å². The van der Waals surface area contributed by atoms with Gasteiger partial charge in [-0.15, -0.1) is 0 Å². The number of carbonyl (C=O) groups excluding carboxylic acids is 1. The normalized spacial score (nSPS) is 27.8. The Bertz CT molecular complexity index is 727. The predicted molar refractivity (Wildman–Crippen MR) is 89.9 cm³/mol. The number of rotatable bonds is 2. The molecule has 7 heteroatoms. The molecule has 1 unspecified atom stereocenters. The number of nitrogens with zero attached hydrogens (tertiary/aromatic N) is 2. The van der Waals surface area contributed by atoms with Crippen molar-refractivity contribution in [2.45, 2.75) is 30.2 Å². The van der Waals surface area contributed by atoms with E-state index in [1.54, 1.807) is 28.6 Å². The van der Waals surface area contributed by atoms with Crippen molar-refractivity contribution in [1.29, 1.82) is 0 Å². The van der Waals surface area contributed by atoms with Crippen molar-refractivity contribution in [3.8, 4) is 0 Å². The molecule has 0 aromatic heterocycles. The number of piperidine rings is 1. The highest BCUT2D eigenvalue weighted by Crippen LogP contribution is 2.44. The second-order valence-corrected chi connectivity index (χ2v) is 9.14. The first-order chi connectivity index (χ1) is 11.5. The highest BCUT2D eigenvalue weighted by Gasteiger charge is 2.49. The summed E-state index contributed by atoms with van der Waals surface area (Å²) in [7, 11) is -3.40. The van der Waals surface area contributed by atoms with Gasteiger partial charge in [0.2, 0.25) is 15.9 Å². The first kappa shape index (κ1) is 16.1. The molecule has 130 valence electrons. The van der Waals surface area contributed by atoms with Crippen LogP contribution in [0.15, 0.2) is 35.2 Å². The van der Waals surface area contributed by atoms with Crippen molar-refractivity contribution in [2.75, 3.05) is 32.7 Å². The van der Waals surface area contributed by atoms with Crippen LogP contribution in [0, 0.1) is 5.41 Å². The average Bonchev–Trinajstić information content (AvgIpc) is 2.95. The standard InChI is InChI=1S/C17H23N3O3S/c21-16-15-12-17(13-19(15)11-8-18-16)6-9-20(10-7-17)24(22,23)14-4-2-1-3-5-14/h1-5,15H,6-13H2,(H,18,21). The van der Waals surface area contributed by atoms with Crippen LogP contribution in [0.2, 0.25) is 0 Å². The Labute approximate surface area is 142 Å². The van der Waals surface area contributed by atoms with Crippen LogP contribution in [0.3, 0.4) is 0 Å². The fraction of sp³-hybridized carbons (Fsp3) is 0.588. The van der Waals surface area contributed by atoms with Gasteiger partial charge in [0, 0.05) is 32.7 Å². The summed E-state index contributed by atoms with van der Waals surface area (Å²) < 4.78 is 27.1. The molecule has 1 atom stereocenters. The first-order valence-corrected chi connectivity index (χ1v) is 10.0. The Morgan fingerprint density at radius 2 is 1.79 bits per heavy atom. The summed E-state index contributed by atoms with van der Waals surface area (Å²) in [5.74, 6) is 0.137. The molecule has 1 aromatic rings. The minimum absolute atomic E-state index is 0.0176. The van der Waals surface area contributed by atoms with E-state index in [4.69, 9.17) is 0 Å². The van der Waals surface area contributed by atoms with E-state index in [1.807, 2.05) is 6.07 Å². The Morgan fingerprint density at radius 3 is 2.46 bits per heavy atom. The van der Waals surface area contributed by atoms with Gasteiger partial charge in [-0.25, -0.2) is 8.42 Å². The van der Waals surface area contributed by atoms with E-state index >= 15 is 0 Å². The zero-order chi connectivity index (χ0) is 16.8. The summed E-state index contributed by atoms with van der Waals surface area (Å²) in [4.78, 5) is 14.7. The average molecular weight is 349 g/mol. The molecule has 6 nitrogen and oxygen atoms in total. The molecule has 1 amide bonds. The molecule has 3 aliphatic heterocycles. The number of hydrogen-bond donors (Lipinski definition) is 1. The summed E-state index contributed by atoms with van der Waals surface area (Å²) in [5.41, 5.74) is 0.0923. The van der Waals surface area contributed by atoms with Gasteiger partial charge in [-0.2, -0.15) is 4.31 Å². The van der Waals surface area contributed by atoms with Crippen LogP contribution >= 0.6 is 0 Å². The number of fused-ring (bicyclic) bond motifs is 1. The Balaban J connectivity index is 1.47. The zero-order valence-corrected chi connectivity index (χ0v) is 14.5. The second kappa shape index (κ2) is 5.82. The van der Waals surface area contributed by atoms with Crippen LogP contribution in [-0.4, -0.2) is 62.3 Å². The summed E-state index contributed by atoms with van der Waals surface area (Å²) in [6.07, 6.45) is 2.52. The lowest BCUT2D eigenvalue weighted by Gasteiger charge is -2.38. The van der Waals surface area contributed by atoms with Crippen LogP contribution in [0.5, 0.6) is 0 Å². The lowest BCUT2D eigenvalue weighted by molar-refractivity contribution is -0.127. The van der Waals surface area contributed by atoms with E-state index < -0.39 is 10.0 Å². The van der Waals surface area contributed by atoms with Crippen molar-refractivity contribution in [2.24, 2.45) is 5.41 Å². The maximum Gasteiger partial charge on any atom is 0.243 e. The van der Waals surface area contributed by atoms with Crippen molar-refractivity contribution in [3.63, 3.8) is 0 Å². The van der Waals surface area contributed by atoms with Gasteiger partial charge in [0.25, 0.3) is 0 Å². The van der Waals surface area contributed by atoms with E-state index in [-0.39, 0.29) is 17.4 Å². The minimum atomic E-state index is -3.40. The molecule has 3 aliphatic rings. The fourth-order valence-corrected chi connectivity index (χ4v) is 5.85. The highest BCUT2D eigenvalue weighted by atomic mass is 32.2. The van der Waals surface area contributed by atoms with E-state index in [2.05, 4.69) is 10.2 Å². The number of piperazine rings is 1. The molecule has 3 saturated heterocycles. The molecule has 4 rings (SSSR count). The van der Waals surface area contributed by atoms with Crippen molar-refractivity contribution in [3.05, 3.63) is 30.3 Å². The molecule has 1 N–H and O–H groups in total. The number of hydrogen-bond acceptors (Lipinski definition) is 4. The summed E-state index contributed by atoms with van der Waals surface area (Å²) in [6.45, 7) is 3.63. The topological polar surface area (TPSA) is 69.7 Å². The van der Waals surface area contributed by atoms with Crippen molar-refractivity contribution >= 4 is 15.9 Å². The van der Waals surface area contributed by atoms with Gasteiger partial charge in [0.1, 0.15) is 0 Å². The molecule has 24 heavy (non-hydrogen) atoms. The largest absolute Gasteiger partial charge is 0.353 e. The van der Waals surface area contributed by atoms with E-state index in [0.29, 0.717) is 18.0 Å². The third-order valence-corrected chi connectivity index (χ3v) is 7.68. The maximum atomic E-state index is 12.7. The van der Waals surface area contributed by atoms with Crippen LogP contribution in [-0.2, 0) is 14.8 Å². The van der Waals surface area contributed by atoms with E-state index in [0.717, 1.165) is 38.9 Å². The zero-order valence-electron chi connectivity index (χ0n) is 13.6. The van der Waals surface area contributed by atoms with E-state index in [1.165, 1.54) is 0 Å². The smallest absolute Gasteiger partial charge is 0.243 e. The van der Waals surface area contributed by atoms with Gasteiger partial charge in [0.05, 0.1) is 10.9 Å². The molecule has 1 aromatic carbocycles. The quantitative estimate of drug-likeness (QED) is 0.852. The number of nitrogens with one attached hydrogen (secondary N) is 1. The number of benzene rings is 1. The van der Waals surface area contributed by atoms with Gasteiger partial charge in [0.15, 0.2) is 0 Å². The summed E-state index contributed by atoms with van der Waals surface area (Å²) in [5, 5.41) is 2.94. The van der Waals surface area contributed by atoms with Gasteiger partial charge in [-0.3, -0.25) is 9.69 Å². The van der Waals surface area contributed by atoms with Crippen molar-refractivity contribution in [1.82, 2.24) is 14.5 Å². The number of amides is 1. The third kappa shape index (κ3) is 2.64. The van der Waals surface area contributed by atoms with Crippen LogP contribution < -0.4 is 5.32 Å². The molecule has 0 radical (unpaired) electrons. The molecular formula is C17H23N3O3S. The third-order valence-electron chi connectivity index (χ3n) is 5.77. The molecule has 0 bridgehead atoms. The highest BCUT2D eigenvalue weighted by molar-refractivity contribution is 7.89. The van der Waals surface area contributed by atoms with Crippen LogP contribution in [0.4, 0.5) is 0 Å². The monoisotopic (exact) mass is 349 g/mol. The van der Waals surface area contributed by atoms with Gasteiger partial charge >= 0.3 is 0 Å². The second-order valence-electron chi connectivity index (χ2n) is 7.20. The molecule has 0 aliphatic carbocycles. The fourth-order valence-electron chi connectivity index (χ4n) is 4.38. The minimum Gasteiger partial charge on any atom is -0.353 e. The van der Waals surface area contributed by atoms with Gasteiger partial charge in [-0.1, -0.05) is 18.2 Å². The Hall–Kier alpha value is -1.44. The summed E-state index contributed by atoms with van der Waals surface area (Å²) in [6, 6.07) is 8.62. The lowest BCUT2D eigenvalue weighted by atomic mass is 9.77. The maximum absolute atomic E-state index is 12.7.